The Kier molecular flexibility index (Phi) is 9.04. The van der Waals surface area contributed by atoms with E-state index in [9.17, 15) is 9.59 Å². The molecule has 6 heteroatoms. The van der Waals surface area contributed by atoms with Gasteiger partial charge in [-0.25, -0.2) is 0 Å². The second kappa shape index (κ2) is 10.3. The number of carbonyl (C=O) groups excluding carboxylic acids is 2. The van der Waals surface area contributed by atoms with Crippen LogP contribution in [-0.2, 0) is 9.59 Å². The fraction of sp³-hybridized carbons (Fsp3) is 0.600. The van der Waals surface area contributed by atoms with Gasteiger partial charge in [-0.2, -0.15) is 12.6 Å². The first-order valence-electron chi connectivity index (χ1n) is 8.88. The topological polar surface area (TPSA) is 46.6 Å². The Labute approximate surface area is 167 Å². The molecule has 0 aliphatic heterocycles. The lowest BCUT2D eigenvalue weighted by Crippen LogP contribution is -2.46. The Balaban J connectivity index is 2.71. The van der Waals surface area contributed by atoms with Gasteiger partial charge in [-0.15, -0.1) is 11.8 Å². The molecule has 0 bridgehead atoms. The van der Waals surface area contributed by atoms with Crippen molar-refractivity contribution in [3.05, 3.63) is 29.8 Å². The highest BCUT2D eigenvalue weighted by atomic mass is 32.2. The number of Topliss-reactive ketones (excluding diaryl/α,β-unsaturated/α-hetero) is 1. The van der Waals surface area contributed by atoms with Gasteiger partial charge in [0.2, 0.25) is 5.91 Å². The van der Waals surface area contributed by atoms with E-state index in [-0.39, 0.29) is 33.4 Å². The van der Waals surface area contributed by atoms with Crippen molar-refractivity contribution < 1.29 is 14.3 Å². The summed E-state index contributed by atoms with van der Waals surface area (Å²) in [6.07, 6.45) is 0. The number of hydrogen-bond acceptors (Lipinski definition) is 5. The molecule has 0 aliphatic rings. The van der Waals surface area contributed by atoms with Crippen LogP contribution in [0.1, 0.15) is 44.8 Å². The summed E-state index contributed by atoms with van der Waals surface area (Å²) in [6.45, 7) is 9.64. The Bertz CT molecular complexity index is 604. The molecule has 1 aromatic rings. The number of thiol groups is 1. The van der Waals surface area contributed by atoms with Gasteiger partial charge in [-0.3, -0.25) is 9.59 Å². The van der Waals surface area contributed by atoms with Crippen molar-refractivity contribution in [1.29, 1.82) is 0 Å². The van der Waals surface area contributed by atoms with Crippen LogP contribution in [0.2, 0.25) is 0 Å². The number of thioether (sulfide) groups is 1. The number of benzene rings is 1. The molecule has 0 spiro atoms. The summed E-state index contributed by atoms with van der Waals surface area (Å²) < 4.78 is 5.03. The SMILES string of the molecule is COc1ccc(C(S)SC(C)C(=O)N(C)C(C)C(=O)[C@H](C)C(C)C)cc1. The van der Waals surface area contributed by atoms with Crippen molar-refractivity contribution in [2.24, 2.45) is 11.8 Å². The van der Waals surface area contributed by atoms with E-state index in [1.807, 2.05) is 52.0 Å². The van der Waals surface area contributed by atoms with Gasteiger partial charge in [0.05, 0.1) is 23.0 Å². The summed E-state index contributed by atoms with van der Waals surface area (Å²) in [5, 5.41) is -0.297. The third-order valence-electron chi connectivity index (χ3n) is 4.87. The molecule has 0 radical (unpaired) electrons. The Morgan fingerprint density at radius 1 is 1.08 bits per heavy atom. The second-order valence-corrected chi connectivity index (χ2v) is 9.28. The van der Waals surface area contributed by atoms with E-state index >= 15 is 0 Å². The smallest absolute Gasteiger partial charge is 0.235 e. The molecule has 0 heterocycles. The van der Waals surface area contributed by atoms with Crippen LogP contribution >= 0.6 is 24.4 Å². The molecule has 1 aromatic carbocycles. The van der Waals surface area contributed by atoms with E-state index in [2.05, 4.69) is 12.6 Å². The maximum Gasteiger partial charge on any atom is 0.235 e. The Morgan fingerprint density at radius 2 is 1.62 bits per heavy atom. The van der Waals surface area contributed by atoms with Crippen LogP contribution in [0.15, 0.2) is 24.3 Å². The number of rotatable bonds is 9. The molecule has 146 valence electrons. The Hall–Kier alpha value is -1.14. The van der Waals surface area contributed by atoms with Crippen LogP contribution in [-0.4, -0.2) is 42.0 Å². The summed E-state index contributed by atoms with van der Waals surface area (Å²) >= 11 is 6.09. The highest BCUT2D eigenvalue weighted by molar-refractivity contribution is 8.10. The number of nitrogens with zero attached hydrogens (tertiary/aromatic N) is 1. The number of ketones is 1. The molecule has 0 saturated heterocycles. The van der Waals surface area contributed by atoms with Crippen LogP contribution < -0.4 is 4.74 Å². The van der Waals surface area contributed by atoms with Crippen LogP contribution in [0.5, 0.6) is 5.75 Å². The summed E-state index contributed by atoms with van der Waals surface area (Å²) in [4.78, 5) is 26.8. The quantitative estimate of drug-likeness (QED) is 0.494. The van der Waals surface area contributed by atoms with Gasteiger partial charge in [0, 0.05) is 13.0 Å². The fourth-order valence-corrected chi connectivity index (χ4v) is 4.18. The van der Waals surface area contributed by atoms with Crippen molar-refractivity contribution in [3.8, 4) is 5.75 Å². The highest BCUT2D eigenvalue weighted by Crippen LogP contribution is 2.36. The number of likely N-dealkylation sites (N-methyl/N-ethyl adjacent to an activating group) is 1. The molecule has 1 rings (SSSR count). The van der Waals surface area contributed by atoms with Crippen LogP contribution in [0.3, 0.4) is 0 Å². The van der Waals surface area contributed by atoms with E-state index in [0.717, 1.165) is 11.3 Å². The van der Waals surface area contributed by atoms with Gasteiger partial charge in [-0.1, -0.05) is 32.9 Å². The largest absolute Gasteiger partial charge is 0.497 e. The van der Waals surface area contributed by atoms with Gasteiger partial charge in [0.25, 0.3) is 0 Å². The van der Waals surface area contributed by atoms with Crippen LogP contribution in [0.25, 0.3) is 0 Å². The number of hydrogen-bond donors (Lipinski definition) is 1. The van der Waals surface area contributed by atoms with Crippen molar-refractivity contribution >= 4 is 36.1 Å². The average Bonchev–Trinajstić information content (AvgIpc) is 2.64. The molecule has 3 unspecified atom stereocenters. The van der Waals surface area contributed by atoms with Gasteiger partial charge in [0.1, 0.15) is 5.75 Å². The number of amides is 1. The average molecular weight is 398 g/mol. The van der Waals surface area contributed by atoms with Crippen molar-refractivity contribution in [1.82, 2.24) is 4.90 Å². The molecule has 0 aromatic heterocycles. The lowest BCUT2D eigenvalue weighted by Gasteiger charge is -2.30. The van der Waals surface area contributed by atoms with Gasteiger partial charge >= 0.3 is 0 Å². The first-order valence-corrected chi connectivity index (χ1v) is 10.3. The predicted molar refractivity (Wildman–Crippen MR) is 113 cm³/mol. The molecular formula is C20H31NO3S2. The zero-order valence-electron chi connectivity index (χ0n) is 16.7. The first-order chi connectivity index (χ1) is 12.1. The zero-order chi connectivity index (χ0) is 20.0. The molecule has 0 N–H and O–H groups in total. The number of methoxy groups -OCH3 is 1. The number of carbonyl (C=O) groups is 2. The summed E-state index contributed by atoms with van der Waals surface area (Å²) in [6, 6.07) is 7.22. The lowest BCUT2D eigenvalue weighted by atomic mass is 9.90. The minimum absolute atomic E-state index is 0.0561. The van der Waals surface area contributed by atoms with E-state index < -0.39 is 6.04 Å². The van der Waals surface area contributed by atoms with E-state index in [1.54, 1.807) is 26.0 Å². The lowest BCUT2D eigenvalue weighted by molar-refractivity contribution is -0.138. The van der Waals surface area contributed by atoms with Gasteiger partial charge in [-0.05, 0) is 37.5 Å². The standard InChI is InChI=1S/C20H31NO3S2/c1-12(2)13(3)18(22)14(4)21(6)19(23)15(5)26-20(25)16-8-10-17(24-7)11-9-16/h8-15,20,25H,1-7H3/t13-,14?,15?,20?/m1/s1. The molecule has 4 nitrogen and oxygen atoms in total. The zero-order valence-corrected chi connectivity index (χ0v) is 18.4. The van der Waals surface area contributed by atoms with E-state index in [4.69, 9.17) is 4.74 Å². The van der Waals surface area contributed by atoms with Crippen molar-refractivity contribution in [3.63, 3.8) is 0 Å². The summed E-state index contributed by atoms with van der Waals surface area (Å²) in [7, 11) is 3.33. The molecule has 0 fully saturated rings. The predicted octanol–water partition coefficient (Wildman–Crippen LogP) is 4.45. The first kappa shape index (κ1) is 22.9. The van der Waals surface area contributed by atoms with E-state index in [0.29, 0.717) is 0 Å². The highest BCUT2D eigenvalue weighted by Gasteiger charge is 2.30. The second-order valence-electron chi connectivity index (χ2n) is 6.96. The maximum absolute atomic E-state index is 12.7. The molecule has 4 atom stereocenters. The summed E-state index contributed by atoms with van der Waals surface area (Å²) in [5.74, 6) is 1.03. The third kappa shape index (κ3) is 5.95. The van der Waals surface area contributed by atoms with Crippen LogP contribution in [0, 0.1) is 11.8 Å². The van der Waals surface area contributed by atoms with Gasteiger partial charge in [0.15, 0.2) is 5.78 Å². The third-order valence-corrected chi connectivity index (χ3v) is 6.67. The minimum Gasteiger partial charge on any atom is -0.497 e. The molecule has 26 heavy (non-hydrogen) atoms. The molecule has 0 saturated carbocycles. The molecule has 1 amide bonds. The maximum atomic E-state index is 12.7. The Morgan fingerprint density at radius 3 is 2.08 bits per heavy atom. The van der Waals surface area contributed by atoms with Crippen molar-refractivity contribution in [2.75, 3.05) is 14.2 Å². The monoisotopic (exact) mass is 397 g/mol. The normalized spacial score (nSPS) is 15.9. The fourth-order valence-electron chi connectivity index (χ4n) is 2.48. The van der Waals surface area contributed by atoms with Crippen LogP contribution in [0.4, 0.5) is 0 Å². The summed E-state index contributed by atoms with van der Waals surface area (Å²) in [5.41, 5.74) is 1.01. The molecule has 0 aliphatic carbocycles. The van der Waals surface area contributed by atoms with Crippen molar-refractivity contribution in [2.45, 2.75) is 50.5 Å². The van der Waals surface area contributed by atoms with Gasteiger partial charge < -0.3 is 9.64 Å². The minimum atomic E-state index is -0.428. The van der Waals surface area contributed by atoms with E-state index in [1.165, 1.54) is 11.8 Å². The number of ether oxygens (including phenoxy) is 1. The molecular weight excluding hydrogens is 366 g/mol.